The van der Waals surface area contributed by atoms with Crippen molar-refractivity contribution in [3.05, 3.63) is 29.8 Å². The minimum atomic E-state index is 0.334. The van der Waals surface area contributed by atoms with Gasteiger partial charge in [0.05, 0.1) is 0 Å². The van der Waals surface area contributed by atoms with Crippen molar-refractivity contribution < 1.29 is 0 Å². The quantitative estimate of drug-likeness (QED) is 0.746. The van der Waals surface area contributed by atoms with Crippen LogP contribution < -0.4 is 4.90 Å². The number of nitrogens with zero attached hydrogens (tertiary/aromatic N) is 1. The smallest absolute Gasteiger partial charge is 0.0366 e. The highest BCUT2D eigenvalue weighted by molar-refractivity contribution is 7.80. The van der Waals surface area contributed by atoms with Crippen LogP contribution in [-0.2, 0) is 0 Å². The largest absolute Gasteiger partial charge is 0.372 e. The third kappa shape index (κ3) is 2.69. The van der Waals surface area contributed by atoms with Crippen LogP contribution in [0.2, 0.25) is 0 Å². The van der Waals surface area contributed by atoms with Gasteiger partial charge < -0.3 is 4.90 Å². The zero-order valence-corrected chi connectivity index (χ0v) is 10.2. The van der Waals surface area contributed by atoms with E-state index in [0.717, 1.165) is 0 Å². The summed E-state index contributed by atoms with van der Waals surface area (Å²) >= 11 is 4.44. The van der Waals surface area contributed by atoms with Gasteiger partial charge in [0.1, 0.15) is 0 Å². The van der Waals surface area contributed by atoms with Crippen LogP contribution in [-0.4, -0.2) is 13.1 Å². The van der Waals surface area contributed by atoms with E-state index in [0.29, 0.717) is 5.25 Å². The van der Waals surface area contributed by atoms with Gasteiger partial charge in [-0.25, -0.2) is 0 Å². The van der Waals surface area contributed by atoms with Gasteiger partial charge in [0.15, 0.2) is 0 Å². The Morgan fingerprint density at radius 2 is 1.67 bits per heavy atom. The molecular formula is C13H19NS. The first-order chi connectivity index (χ1) is 7.27. The molecule has 15 heavy (non-hydrogen) atoms. The van der Waals surface area contributed by atoms with Gasteiger partial charge in [-0.1, -0.05) is 12.1 Å². The zero-order chi connectivity index (χ0) is 10.7. The molecule has 1 unspecified atom stereocenters. The van der Waals surface area contributed by atoms with E-state index in [2.05, 4.69) is 48.7 Å². The Kier molecular flexibility index (Phi) is 3.57. The molecule has 0 aromatic heterocycles. The van der Waals surface area contributed by atoms with E-state index < -0.39 is 0 Å². The summed E-state index contributed by atoms with van der Waals surface area (Å²) in [6.45, 7) is 4.55. The number of benzene rings is 1. The highest BCUT2D eigenvalue weighted by Gasteiger charge is 2.10. The Labute approximate surface area is 97.9 Å². The summed E-state index contributed by atoms with van der Waals surface area (Å²) in [7, 11) is 0. The summed E-state index contributed by atoms with van der Waals surface area (Å²) in [5.74, 6) is 0. The summed E-state index contributed by atoms with van der Waals surface area (Å²) < 4.78 is 0. The fourth-order valence-electron chi connectivity index (χ4n) is 2.12. The summed E-state index contributed by atoms with van der Waals surface area (Å²) in [5, 5.41) is 0.334. The van der Waals surface area contributed by atoms with Crippen LogP contribution in [0.25, 0.3) is 0 Å². The lowest BCUT2D eigenvalue weighted by Crippen LogP contribution is -2.29. The van der Waals surface area contributed by atoms with E-state index in [1.54, 1.807) is 0 Å². The molecular weight excluding hydrogens is 202 g/mol. The maximum absolute atomic E-state index is 4.44. The van der Waals surface area contributed by atoms with Crippen molar-refractivity contribution in [2.45, 2.75) is 31.4 Å². The lowest BCUT2D eigenvalue weighted by atomic mass is 10.1. The van der Waals surface area contributed by atoms with E-state index in [1.165, 1.54) is 43.6 Å². The molecule has 1 atom stereocenters. The van der Waals surface area contributed by atoms with Crippen molar-refractivity contribution in [2.75, 3.05) is 18.0 Å². The molecule has 1 saturated heterocycles. The predicted molar refractivity (Wildman–Crippen MR) is 69.9 cm³/mol. The average molecular weight is 221 g/mol. The summed E-state index contributed by atoms with van der Waals surface area (Å²) in [5.41, 5.74) is 2.67. The number of anilines is 1. The van der Waals surface area contributed by atoms with Gasteiger partial charge in [-0.05, 0) is 43.9 Å². The minimum Gasteiger partial charge on any atom is -0.372 e. The van der Waals surface area contributed by atoms with E-state index in [4.69, 9.17) is 0 Å². The lowest BCUT2D eigenvalue weighted by Gasteiger charge is -2.29. The van der Waals surface area contributed by atoms with Crippen molar-refractivity contribution in [2.24, 2.45) is 0 Å². The van der Waals surface area contributed by atoms with E-state index >= 15 is 0 Å². The molecule has 0 amide bonds. The lowest BCUT2D eigenvalue weighted by molar-refractivity contribution is 0.578. The molecule has 1 heterocycles. The van der Waals surface area contributed by atoms with Gasteiger partial charge in [-0.3, -0.25) is 0 Å². The van der Waals surface area contributed by atoms with Crippen LogP contribution in [0.3, 0.4) is 0 Å². The first kappa shape index (κ1) is 10.9. The van der Waals surface area contributed by atoms with Crippen molar-refractivity contribution in [1.82, 2.24) is 0 Å². The van der Waals surface area contributed by atoms with Crippen molar-refractivity contribution in [1.29, 1.82) is 0 Å². The SMILES string of the molecule is CC(S)c1ccc(N2CCCCC2)cc1. The van der Waals surface area contributed by atoms with Gasteiger partial charge in [-0.15, -0.1) is 0 Å². The number of rotatable bonds is 2. The predicted octanol–water partition coefficient (Wildman–Crippen LogP) is 3.67. The number of hydrogen-bond donors (Lipinski definition) is 1. The Morgan fingerprint density at radius 1 is 1.07 bits per heavy atom. The molecule has 1 aliphatic heterocycles. The Bertz CT molecular complexity index is 299. The molecule has 2 rings (SSSR count). The number of piperidine rings is 1. The van der Waals surface area contributed by atoms with Crippen LogP contribution in [0.1, 0.15) is 37.0 Å². The van der Waals surface area contributed by atoms with Crippen LogP contribution in [0.15, 0.2) is 24.3 Å². The van der Waals surface area contributed by atoms with Crippen molar-refractivity contribution in [3.8, 4) is 0 Å². The fourth-order valence-corrected chi connectivity index (χ4v) is 2.29. The third-order valence-electron chi connectivity index (χ3n) is 3.10. The highest BCUT2D eigenvalue weighted by Crippen LogP contribution is 2.24. The van der Waals surface area contributed by atoms with E-state index in [1.807, 2.05) is 0 Å². The van der Waals surface area contributed by atoms with Gasteiger partial charge in [-0.2, -0.15) is 12.6 Å². The molecule has 2 heteroatoms. The fraction of sp³-hybridized carbons (Fsp3) is 0.538. The topological polar surface area (TPSA) is 3.24 Å². The second-order valence-corrected chi connectivity index (χ2v) is 5.09. The monoisotopic (exact) mass is 221 g/mol. The normalized spacial score (nSPS) is 18.9. The van der Waals surface area contributed by atoms with E-state index in [-0.39, 0.29) is 0 Å². The molecule has 82 valence electrons. The Balaban J connectivity index is 2.08. The summed E-state index contributed by atoms with van der Waals surface area (Å²) in [6.07, 6.45) is 4.07. The Hall–Kier alpha value is -0.630. The molecule has 1 fully saturated rings. The Morgan fingerprint density at radius 3 is 2.20 bits per heavy atom. The standard InChI is InChI=1S/C13H19NS/c1-11(15)12-5-7-13(8-6-12)14-9-3-2-4-10-14/h5-8,11,15H,2-4,9-10H2,1H3. The number of thiol groups is 1. The molecule has 1 nitrogen and oxygen atoms in total. The first-order valence-corrected chi connectivity index (χ1v) is 6.32. The maximum Gasteiger partial charge on any atom is 0.0366 e. The van der Waals surface area contributed by atoms with E-state index in [9.17, 15) is 0 Å². The first-order valence-electron chi connectivity index (χ1n) is 5.80. The van der Waals surface area contributed by atoms with Gasteiger partial charge in [0.25, 0.3) is 0 Å². The minimum absolute atomic E-state index is 0.334. The molecule has 0 radical (unpaired) electrons. The second kappa shape index (κ2) is 4.93. The molecule has 0 spiro atoms. The third-order valence-corrected chi connectivity index (χ3v) is 3.39. The molecule has 0 saturated carbocycles. The molecule has 0 bridgehead atoms. The summed E-state index contributed by atoms with van der Waals surface area (Å²) in [6, 6.07) is 8.85. The molecule has 0 aliphatic carbocycles. The molecule has 1 aromatic rings. The molecule has 1 aliphatic rings. The van der Waals surface area contributed by atoms with Crippen molar-refractivity contribution in [3.63, 3.8) is 0 Å². The van der Waals surface area contributed by atoms with Gasteiger partial charge in [0, 0.05) is 24.0 Å². The van der Waals surface area contributed by atoms with Crippen molar-refractivity contribution >= 4 is 18.3 Å². The zero-order valence-electron chi connectivity index (χ0n) is 9.32. The van der Waals surface area contributed by atoms with Crippen LogP contribution >= 0.6 is 12.6 Å². The second-order valence-electron chi connectivity index (χ2n) is 4.32. The van der Waals surface area contributed by atoms with Crippen LogP contribution in [0.5, 0.6) is 0 Å². The molecule has 1 aromatic carbocycles. The number of hydrogen-bond acceptors (Lipinski definition) is 2. The maximum atomic E-state index is 4.44. The van der Waals surface area contributed by atoms with Gasteiger partial charge in [0.2, 0.25) is 0 Å². The average Bonchev–Trinajstić information content (AvgIpc) is 2.30. The molecule has 0 N–H and O–H groups in total. The summed E-state index contributed by atoms with van der Waals surface area (Å²) in [4.78, 5) is 2.48. The van der Waals surface area contributed by atoms with Crippen LogP contribution in [0.4, 0.5) is 5.69 Å². The van der Waals surface area contributed by atoms with Crippen LogP contribution in [0, 0.1) is 0 Å². The highest BCUT2D eigenvalue weighted by atomic mass is 32.1. The van der Waals surface area contributed by atoms with Gasteiger partial charge >= 0.3 is 0 Å².